The van der Waals surface area contributed by atoms with E-state index < -0.39 is 0 Å². The fraction of sp³-hybridized carbons (Fsp3) is 1.00. The van der Waals surface area contributed by atoms with Crippen LogP contribution in [-0.4, -0.2) is 17.3 Å². The Labute approximate surface area is 41.6 Å². The van der Waals surface area contributed by atoms with Crippen molar-refractivity contribution in [3.63, 3.8) is 0 Å². The fourth-order valence-corrected chi connectivity index (χ4v) is 0.534. The summed E-state index contributed by atoms with van der Waals surface area (Å²) in [6.45, 7) is 1.90. The van der Waals surface area contributed by atoms with Crippen molar-refractivity contribution in [2.45, 2.75) is 6.92 Å². The molecule has 0 saturated heterocycles. The molecule has 0 radical (unpaired) electrons. The van der Waals surface area contributed by atoms with Crippen LogP contribution in [0.25, 0.3) is 0 Å². The van der Waals surface area contributed by atoms with Crippen molar-refractivity contribution in [1.29, 1.82) is 0 Å². The molecule has 0 unspecified atom stereocenters. The van der Waals surface area contributed by atoms with Crippen molar-refractivity contribution < 1.29 is 4.48 Å². The summed E-state index contributed by atoms with van der Waals surface area (Å²) >= 11 is 1.15. The van der Waals surface area contributed by atoms with Crippen LogP contribution in [0, 0.1) is 0 Å². The van der Waals surface area contributed by atoms with Gasteiger partial charge in [0.05, 0.1) is 0 Å². The molecule has 0 spiro atoms. The molecule has 0 fully saturated rings. The van der Waals surface area contributed by atoms with Crippen molar-refractivity contribution in [2.75, 3.05) is 12.8 Å². The van der Waals surface area contributed by atoms with Crippen molar-refractivity contribution in [2.24, 2.45) is 0 Å². The van der Waals surface area contributed by atoms with Crippen LogP contribution in [0.3, 0.4) is 0 Å². The van der Waals surface area contributed by atoms with Gasteiger partial charge in [-0.1, -0.05) is 11.5 Å². The zero-order valence-electron chi connectivity index (χ0n) is 3.94. The lowest BCUT2D eigenvalue weighted by Crippen LogP contribution is -1.91. The van der Waals surface area contributed by atoms with E-state index in [1.54, 1.807) is 0 Å². The lowest BCUT2D eigenvalue weighted by Gasteiger charge is -1.96. The maximum absolute atomic E-state index is 11.5. The summed E-state index contributed by atoms with van der Waals surface area (Å²) in [6, 6.07) is 0. The zero-order valence-corrected chi connectivity index (χ0v) is 4.76. The number of halogens is 1. The predicted octanol–water partition coefficient (Wildman–Crippen LogP) is 1.47. The van der Waals surface area contributed by atoms with E-state index in [1.807, 2.05) is 6.92 Å². The van der Waals surface area contributed by atoms with Gasteiger partial charge in [0.15, 0.2) is 0 Å². The van der Waals surface area contributed by atoms with Gasteiger partial charge >= 0.3 is 0 Å². The van der Waals surface area contributed by atoms with Crippen LogP contribution >= 0.6 is 11.9 Å². The maximum atomic E-state index is 11.5. The van der Waals surface area contributed by atoms with Crippen LogP contribution in [-0.2, 0) is 0 Å². The van der Waals surface area contributed by atoms with Gasteiger partial charge in [-0.2, -0.15) is 0 Å². The Kier molecular flexibility index (Phi) is 3.57. The third kappa shape index (κ3) is 4.24. The van der Waals surface area contributed by atoms with Gasteiger partial charge in [0.1, 0.15) is 0 Å². The smallest absolute Gasteiger partial charge is 0.0293 e. The highest BCUT2D eigenvalue weighted by Crippen LogP contribution is 2.03. The Morgan fingerprint density at radius 2 is 2.33 bits per heavy atom. The minimum Gasteiger partial charge on any atom is -0.123 e. The highest BCUT2D eigenvalue weighted by atomic mass is 32.2. The first kappa shape index (κ1) is 6.24. The molecule has 0 aromatic carbocycles. The van der Waals surface area contributed by atoms with Gasteiger partial charge in [-0.05, 0) is 11.9 Å². The molecule has 0 rings (SSSR count). The van der Waals surface area contributed by atoms with E-state index in [1.165, 1.54) is 7.05 Å². The summed E-state index contributed by atoms with van der Waals surface area (Å²) in [4.78, 5) is 0. The summed E-state index contributed by atoms with van der Waals surface area (Å²) in [6.07, 6.45) is 0. The van der Waals surface area contributed by atoms with Gasteiger partial charge < -0.3 is 0 Å². The molecule has 3 heteroatoms. The van der Waals surface area contributed by atoms with E-state index in [9.17, 15) is 4.48 Å². The summed E-state index contributed by atoms with van der Waals surface area (Å²) in [5.74, 6) is 0.799. The number of nitrogens with zero attached hydrogens (tertiary/aromatic N) is 1. The third-order valence-electron chi connectivity index (χ3n) is 0.307. The third-order valence-corrected chi connectivity index (χ3v) is 0.921. The van der Waals surface area contributed by atoms with E-state index >= 15 is 0 Å². The fourth-order valence-electron chi connectivity index (χ4n) is 0.178. The van der Waals surface area contributed by atoms with E-state index in [0.29, 0.717) is 4.53 Å². The van der Waals surface area contributed by atoms with Gasteiger partial charge in [-0.3, -0.25) is 0 Å². The first-order valence-electron chi connectivity index (χ1n) is 1.79. The molecule has 0 heterocycles. The van der Waals surface area contributed by atoms with Gasteiger partial charge in [-0.15, -0.1) is 4.48 Å². The average Bonchev–Trinajstić information content (AvgIpc) is 1.35. The lowest BCUT2D eigenvalue weighted by atomic mass is 11.0. The standard InChI is InChI=1S/C3H8FNS/c1-3-6-5(2)4/h3H2,1-2H3. The summed E-state index contributed by atoms with van der Waals surface area (Å²) in [7, 11) is 1.38. The second-order valence-electron chi connectivity index (χ2n) is 0.838. The second kappa shape index (κ2) is 3.43. The molecule has 0 bridgehead atoms. The molecule has 0 amide bonds. The van der Waals surface area contributed by atoms with Crippen LogP contribution in [0.1, 0.15) is 6.92 Å². The minimum atomic E-state index is 0.597. The molecule has 0 atom stereocenters. The molecule has 1 nitrogen and oxygen atoms in total. The maximum Gasteiger partial charge on any atom is 0.0293 e. The summed E-state index contributed by atoms with van der Waals surface area (Å²) in [5.41, 5.74) is 0. The van der Waals surface area contributed by atoms with Gasteiger partial charge in [0.2, 0.25) is 0 Å². The molecule has 6 heavy (non-hydrogen) atoms. The molecule has 38 valence electrons. The summed E-state index contributed by atoms with van der Waals surface area (Å²) < 4.78 is 12.1. The average molecular weight is 109 g/mol. The van der Waals surface area contributed by atoms with Gasteiger partial charge in [-0.25, -0.2) is 0 Å². The van der Waals surface area contributed by atoms with Crippen LogP contribution in [0.4, 0.5) is 4.48 Å². The monoisotopic (exact) mass is 109 g/mol. The number of hydrogen-bond donors (Lipinski definition) is 0. The van der Waals surface area contributed by atoms with Crippen LogP contribution in [0.15, 0.2) is 0 Å². The number of rotatable bonds is 2. The Morgan fingerprint density at radius 1 is 1.83 bits per heavy atom. The van der Waals surface area contributed by atoms with E-state index in [0.717, 1.165) is 17.7 Å². The summed E-state index contributed by atoms with van der Waals surface area (Å²) in [5, 5.41) is 0. The highest BCUT2D eigenvalue weighted by molar-refractivity contribution is 7.96. The first-order valence-corrected chi connectivity index (χ1v) is 2.74. The Morgan fingerprint density at radius 3 is 2.33 bits per heavy atom. The number of hydrogen-bond acceptors (Lipinski definition) is 2. The molecule has 0 saturated carbocycles. The van der Waals surface area contributed by atoms with Gasteiger partial charge in [0, 0.05) is 12.8 Å². The Hall–Kier alpha value is 0.240. The quantitative estimate of drug-likeness (QED) is 0.390. The molecule has 0 aromatic rings. The molecular weight excluding hydrogens is 101 g/mol. The van der Waals surface area contributed by atoms with Crippen LogP contribution < -0.4 is 0 Å². The second-order valence-corrected chi connectivity index (χ2v) is 2.18. The normalized spacial score (nSPS) is 10.0. The van der Waals surface area contributed by atoms with Gasteiger partial charge in [0.25, 0.3) is 0 Å². The van der Waals surface area contributed by atoms with E-state index in [2.05, 4.69) is 0 Å². The zero-order chi connectivity index (χ0) is 4.99. The molecule has 0 aliphatic carbocycles. The van der Waals surface area contributed by atoms with Crippen LogP contribution in [0.5, 0.6) is 0 Å². The van der Waals surface area contributed by atoms with E-state index in [4.69, 9.17) is 0 Å². The first-order chi connectivity index (χ1) is 2.77. The predicted molar refractivity (Wildman–Crippen MR) is 27.0 cm³/mol. The topological polar surface area (TPSA) is 3.24 Å². The minimum absolute atomic E-state index is 0.597. The van der Waals surface area contributed by atoms with E-state index in [-0.39, 0.29) is 0 Å². The largest absolute Gasteiger partial charge is 0.123 e. The van der Waals surface area contributed by atoms with Crippen molar-refractivity contribution >= 4 is 11.9 Å². The highest BCUT2D eigenvalue weighted by Gasteiger charge is 1.85. The molecule has 0 aromatic heterocycles. The molecule has 0 N–H and O–H groups in total. The van der Waals surface area contributed by atoms with Crippen molar-refractivity contribution in [3.8, 4) is 0 Å². The Bertz CT molecular complexity index is 32.0. The van der Waals surface area contributed by atoms with Crippen molar-refractivity contribution in [1.82, 2.24) is 4.53 Å². The molecule has 0 aliphatic rings. The van der Waals surface area contributed by atoms with Crippen molar-refractivity contribution in [3.05, 3.63) is 0 Å². The SMILES string of the molecule is CCSN(C)F. The van der Waals surface area contributed by atoms with Crippen LogP contribution in [0.2, 0.25) is 0 Å². The lowest BCUT2D eigenvalue weighted by molar-refractivity contribution is 0.201. The molecular formula is C3H8FNS. The Balaban J connectivity index is 2.63. The molecule has 0 aliphatic heterocycles.